The molecule has 2 spiro atoms. The molecule has 3 aliphatic heterocycles. The van der Waals surface area contributed by atoms with Crippen LogP contribution in [0.3, 0.4) is 0 Å². The summed E-state index contributed by atoms with van der Waals surface area (Å²) < 4.78 is 7.50. The van der Waals surface area contributed by atoms with Crippen LogP contribution >= 0.6 is 0 Å². The summed E-state index contributed by atoms with van der Waals surface area (Å²) in [5.41, 5.74) is 5.03. The normalized spacial score (nSPS) is 42.9. The molecule has 2 aromatic carbocycles. The van der Waals surface area contributed by atoms with Gasteiger partial charge in [-0.1, -0.05) is 61.5 Å². The fraction of sp³-hybridized carbons (Fsp3) is 0.562. The third kappa shape index (κ3) is 2.54. The Labute approximate surface area is 204 Å². The monoisotopic (exact) mass is 451 g/mol. The average molecular weight is 452 g/mol. The Morgan fingerprint density at radius 1 is 0.971 bits per heavy atom. The van der Waals surface area contributed by atoms with Gasteiger partial charge >= 0.3 is 0 Å². The lowest BCUT2D eigenvalue weighted by Crippen LogP contribution is -2.56. The van der Waals surface area contributed by atoms with E-state index in [4.69, 9.17) is 4.74 Å². The van der Waals surface area contributed by atoms with E-state index in [-0.39, 0.29) is 16.6 Å². The van der Waals surface area contributed by atoms with Gasteiger partial charge in [0, 0.05) is 6.04 Å². The number of rotatable bonds is 2. The second-order valence-corrected chi connectivity index (χ2v) is 12.6. The molecule has 2 saturated carbocycles. The lowest BCUT2D eigenvalue weighted by atomic mass is 9.58. The number of likely N-dealkylation sites (tertiary alicyclic amines) is 1. The Morgan fingerprint density at radius 3 is 2.71 bits per heavy atom. The molecule has 34 heavy (non-hydrogen) atoms. The van der Waals surface area contributed by atoms with Crippen LogP contribution < -0.4 is 0 Å². The summed E-state index contributed by atoms with van der Waals surface area (Å²) in [5, 5.41) is 2.74. The van der Waals surface area contributed by atoms with Crippen molar-refractivity contribution < 1.29 is 4.74 Å². The molecule has 6 atom stereocenters. The van der Waals surface area contributed by atoms with E-state index >= 15 is 0 Å². The Bertz CT molecular complexity index is 1240. The maximum atomic E-state index is 7.50. The van der Waals surface area contributed by atoms with E-state index < -0.39 is 0 Å². The smallest absolute Gasteiger partial charge is 0.0974 e. The topological polar surface area (TPSA) is 12.5 Å². The molecule has 0 radical (unpaired) electrons. The molecule has 3 heterocycles. The van der Waals surface area contributed by atoms with Gasteiger partial charge in [0.2, 0.25) is 0 Å². The Balaban J connectivity index is 1.16. The summed E-state index contributed by atoms with van der Waals surface area (Å²) in [6.45, 7) is 5.22. The molecule has 0 aromatic heterocycles. The second-order valence-electron chi connectivity index (χ2n) is 12.6. The highest BCUT2D eigenvalue weighted by molar-refractivity contribution is 5.83. The molecular weight excluding hydrogens is 414 g/mol. The van der Waals surface area contributed by atoms with Gasteiger partial charge in [-0.05, 0) is 116 Å². The van der Waals surface area contributed by atoms with Crippen molar-refractivity contribution in [2.45, 2.75) is 87.9 Å². The van der Waals surface area contributed by atoms with Crippen molar-refractivity contribution in [2.75, 3.05) is 13.1 Å². The van der Waals surface area contributed by atoms with Crippen LogP contribution in [0, 0.1) is 11.3 Å². The number of allylic oxidation sites excluding steroid dienone is 1. The quantitative estimate of drug-likeness (QED) is 0.480. The van der Waals surface area contributed by atoms with Crippen molar-refractivity contribution >= 4 is 10.8 Å². The van der Waals surface area contributed by atoms with Gasteiger partial charge in [0.15, 0.2) is 0 Å². The molecular formula is C32H37NO. The zero-order valence-corrected chi connectivity index (χ0v) is 20.6. The molecule has 6 aliphatic rings. The van der Waals surface area contributed by atoms with E-state index in [1.807, 2.05) is 0 Å². The summed E-state index contributed by atoms with van der Waals surface area (Å²) in [7, 11) is 0. The van der Waals surface area contributed by atoms with Gasteiger partial charge in [0.25, 0.3) is 0 Å². The molecule has 2 saturated heterocycles. The average Bonchev–Trinajstić information content (AvgIpc) is 3.33. The van der Waals surface area contributed by atoms with Crippen molar-refractivity contribution in [3.63, 3.8) is 0 Å². The van der Waals surface area contributed by atoms with E-state index in [9.17, 15) is 0 Å². The first kappa shape index (κ1) is 20.3. The van der Waals surface area contributed by atoms with Gasteiger partial charge in [0.05, 0.1) is 11.2 Å². The zero-order chi connectivity index (χ0) is 22.5. The molecule has 2 heteroatoms. The minimum absolute atomic E-state index is 0.0288. The first-order valence-electron chi connectivity index (χ1n) is 13.9. The van der Waals surface area contributed by atoms with E-state index in [0.29, 0.717) is 11.8 Å². The first-order valence-corrected chi connectivity index (χ1v) is 13.9. The standard InChI is InChI=1S/C32H37NO/c1-30-14-13-26-20-25-9-10-27(33-17-4-18-33)21-31(25)15-16-32(26,34-31)29(30)12-11-28(30)24-8-7-22-5-2-3-6-23(22)19-24/h2-3,5-8,13,19-20,27-29H,4,9-12,14-18,21H2,1H3/t27-,28?,29+,30+,31+,32?/m0/s1. The van der Waals surface area contributed by atoms with Crippen LogP contribution in [0.2, 0.25) is 0 Å². The number of nitrogens with zero attached hydrogens (tertiary/aromatic N) is 1. The summed E-state index contributed by atoms with van der Waals surface area (Å²) >= 11 is 0. The largest absolute Gasteiger partial charge is 0.359 e. The van der Waals surface area contributed by atoms with Crippen LogP contribution in [-0.4, -0.2) is 35.2 Å². The molecule has 176 valence electrons. The number of fused-ring (bicyclic) bond motifs is 2. The summed E-state index contributed by atoms with van der Waals surface area (Å²) in [6.07, 6.45) is 16.7. The predicted molar refractivity (Wildman–Crippen MR) is 138 cm³/mol. The summed E-state index contributed by atoms with van der Waals surface area (Å²) in [6, 6.07) is 16.8. The molecule has 3 aliphatic carbocycles. The lowest BCUT2D eigenvalue weighted by Gasteiger charge is -2.55. The third-order valence-corrected chi connectivity index (χ3v) is 11.2. The highest BCUT2D eigenvalue weighted by Gasteiger charge is 2.66. The highest BCUT2D eigenvalue weighted by Crippen LogP contribution is 2.69. The maximum absolute atomic E-state index is 7.50. The van der Waals surface area contributed by atoms with Gasteiger partial charge in [-0.2, -0.15) is 0 Å². The van der Waals surface area contributed by atoms with Crippen molar-refractivity contribution in [2.24, 2.45) is 11.3 Å². The zero-order valence-electron chi connectivity index (χ0n) is 20.6. The maximum Gasteiger partial charge on any atom is 0.0974 e. The van der Waals surface area contributed by atoms with E-state index in [0.717, 1.165) is 6.04 Å². The van der Waals surface area contributed by atoms with Gasteiger partial charge in [-0.25, -0.2) is 0 Å². The predicted octanol–water partition coefficient (Wildman–Crippen LogP) is 7.16. The Morgan fingerprint density at radius 2 is 1.85 bits per heavy atom. The van der Waals surface area contributed by atoms with Crippen molar-refractivity contribution in [1.82, 2.24) is 4.90 Å². The number of hydrogen-bond donors (Lipinski definition) is 0. The van der Waals surface area contributed by atoms with Gasteiger partial charge in [-0.15, -0.1) is 0 Å². The lowest BCUT2D eigenvalue weighted by molar-refractivity contribution is -0.142. The molecule has 2 aromatic rings. The van der Waals surface area contributed by atoms with Crippen molar-refractivity contribution in [3.05, 3.63) is 71.3 Å². The number of ether oxygens (including phenoxy) is 1. The molecule has 8 rings (SSSR count). The van der Waals surface area contributed by atoms with E-state index in [1.54, 1.807) is 16.7 Å². The minimum Gasteiger partial charge on any atom is -0.359 e. The molecule has 0 N–H and O–H groups in total. The number of hydrogen-bond acceptors (Lipinski definition) is 2. The van der Waals surface area contributed by atoms with Crippen LogP contribution in [0.15, 0.2) is 65.8 Å². The van der Waals surface area contributed by atoms with E-state index in [2.05, 4.69) is 66.4 Å². The molecule has 0 amide bonds. The molecule has 2 nitrogen and oxygen atoms in total. The second kappa shape index (κ2) is 6.86. The first-order chi connectivity index (χ1) is 16.6. The minimum atomic E-state index is -0.0288. The SMILES string of the molecule is C[C@]12CC=C3C=C4CC[C@H](N5CCC5)C[C@]45CCC3(O5)[C@@H]1CCC2c1ccc2ccccc2c1. The third-order valence-electron chi connectivity index (χ3n) is 11.2. The fourth-order valence-corrected chi connectivity index (χ4v) is 9.37. The molecule has 2 unspecified atom stereocenters. The fourth-order valence-electron chi connectivity index (χ4n) is 9.37. The summed E-state index contributed by atoms with van der Waals surface area (Å²) in [5.74, 6) is 1.26. The van der Waals surface area contributed by atoms with Crippen LogP contribution in [0.1, 0.15) is 76.2 Å². The summed E-state index contributed by atoms with van der Waals surface area (Å²) in [4.78, 5) is 2.74. The van der Waals surface area contributed by atoms with Crippen molar-refractivity contribution in [1.29, 1.82) is 0 Å². The van der Waals surface area contributed by atoms with Gasteiger partial charge in [0.1, 0.15) is 0 Å². The van der Waals surface area contributed by atoms with Crippen LogP contribution in [0.5, 0.6) is 0 Å². The molecule has 2 bridgehead atoms. The highest BCUT2D eigenvalue weighted by atomic mass is 16.5. The Hall–Kier alpha value is -1.90. The van der Waals surface area contributed by atoms with E-state index in [1.165, 1.54) is 81.6 Å². The Kier molecular flexibility index (Phi) is 4.10. The van der Waals surface area contributed by atoms with Crippen LogP contribution in [0.25, 0.3) is 10.8 Å². The van der Waals surface area contributed by atoms with Crippen molar-refractivity contribution in [3.8, 4) is 0 Å². The van der Waals surface area contributed by atoms with Gasteiger partial charge in [-0.3, -0.25) is 0 Å². The molecule has 4 fully saturated rings. The van der Waals surface area contributed by atoms with Crippen LogP contribution in [-0.2, 0) is 4.74 Å². The van der Waals surface area contributed by atoms with Crippen LogP contribution in [0.4, 0.5) is 0 Å². The number of benzene rings is 2. The van der Waals surface area contributed by atoms with Gasteiger partial charge < -0.3 is 9.64 Å².